The minimum Gasteiger partial charge on any atom is -0.354 e. The molecule has 0 spiro atoms. The Bertz CT molecular complexity index is 817. The van der Waals surface area contributed by atoms with E-state index in [1.807, 2.05) is 36.4 Å². The molecule has 1 aromatic heterocycles. The first-order valence-electron chi connectivity index (χ1n) is 6.45. The van der Waals surface area contributed by atoms with Crippen LogP contribution >= 0.6 is 11.6 Å². The molecule has 3 rings (SSSR count). The number of halogens is 1. The lowest BCUT2D eigenvalue weighted by Gasteiger charge is -2.00. The Morgan fingerprint density at radius 2 is 1.95 bits per heavy atom. The lowest BCUT2D eigenvalue weighted by atomic mass is 10.0. The molecule has 2 aromatic carbocycles. The average molecular weight is 284 g/mol. The van der Waals surface area contributed by atoms with Gasteiger partial charge in [0.05, 0.1) is 5.69 Å². The second-order valence-corrected chi connectivity index (χ2v) is 5.41. The molecule has 0 saturated heterocycles. The van der Waals surface area contributed by atoms with Crippen LogP contribution in [0.2, 0.25) is 5.02 Å². The molecule has 1 heterocycles. The summed E-state index contributed by atoms with van der Waals surface area (Å²) in [5.41, 5.74) is 5.82. The Hall–Kier alpha value is -2.06. The second kappa shape index (κ2) is 4.80. The van der Waals surface area contributed by atoms with Gasteiger partial charge in [-0.1, -0.05) is 35.9 Å². The van der Waals surface area contributed by atoms with Gasteiger partial charge >= 0.3 is 0 Å². The van der Waals surface area contributed by atoms with Crippen LogP contribution in [0.1, 0.15) is 21.5 Å². The van der Waals surface area contributed by atoms with Gasteiger partial charge in [-0.3, -0.25) is 4.79 Å². The monoisotopic (exact) mass is 283 g/mol. The van der Waals surface area contributed by atoms with Gasteiger partial charge in [-0.15, -0.1) is 0 Å². The van der Waals surface area contributed by atoms with Gasteiger partial charge in [0, 0.05) is 27.1 Å². The quantitative estimate of drug-likeness (QED) is 0.666. The number of fused-ring (bicyclic) bond motifs is 1. The zero-order chi connectivity index (χ0) is 14.3. The highest BCUT2D eigenvalue weighted by Gasteiger charge is 2.14. The number of aldehydes is 1. The standard InChI is InChI=1S/C17H14ClNO/c1-10-6-7-14-15(9-20)17(19-16(14)11(10)2)12-4-3-5-13(18)8-12/h3-9,19H,1-2H3. The molecular weight excluding hydrogens is 270 g/mol. The molecule has 2 nitrogen and oxygen atoms in total. The van der Waals surface area contributed by atoms with E-state index in [0.717, 1.165) is 28.4 Å². The number of aromatic amines is 1. The number of aromatic nitrogens is 1. The molecular formula is C17H14ClNO. The Morgan fingerprint density at radius 3 is 2.65 bits per heavy atom. The number of hydrogen-bond donors (Lipinski definition) is 1. The van der Waals surface area contributed by atoms with Crippen molar-refractivity contribution >= 4 is 28.8 Å². The van der Waals surface area contributed by atoms with Crippen LogP contribution in [0.15, 0.2) is 36.4 Å². The van der Waals surface area contributed by atoms with E-state index < -0.39 is 0 Å². The van der Waals surface area contributed by atoms with Gasteiger partial charge in [0.25, 0.3) is 0 Å². The SMILES string of the molecule is Cc1ccc2c(C=O)c(-c3cccc(Cl)c3)[nH]c2c1C. The molecule has 0 aliphatic heterocycles. The maximum absolute atomic E-state index is 11.5. The number of benzene rings is 2. The van der Waals surface area contributed by atoms with Crippen LogP contribution in [0.4, 0.5) is 0 Å². The van der Waals surface area contributed by atoms with Crippen molar-refractivity contribution in [1.82, 2.24) is 4.98 Å². The molecule has 20 heavy (non-hydrogen) atoms. The lowest BCUT2D eigenvalue weighted by molar-refractivity contribution is 0.112. The molecule has 1 N–H and O–H groups in total. The van der Waals surface area contributed by atoms with E-state index in [1.54, 1.807) is 0 Å². The molecule has 0 unspecified atom stereocenters. The van der Waals surface area contributed by atoms with Crippen molar-refractivity contribution in [2.75, 3.05) is 0 Å². The van der Waals surface area contributed by atoms with Crippen LogP contribution in [0.3, 0.4) is 0 Å². The summed E-state index contributed by atoms with van der Waals surface area (Å²) >= 11 is 6.04. The van der Waals surface area contributed by atoms with Crippen LogP contribution in [-0.2, 0) is 0 Å². The fraction of sp³-hybridized carbons (Fsp3) is 0.118. The Labute approximate surface area is 122 Å². The summed E-state index contributed by atoms with van der Waals surface area (Å²) in [6.07, 6.45) is 0.907. The van der Waals surface area contributed by atoms with Gasteiger partial charge < -0.3 is 4.98 Å². The molecule has 0 atom stereocenters. The van der Waals surface area contributed by atoms with Crippen molar-refractivity contribution in [2.45, 2.75) is 13.8 Å². The van der Waals surface area contributed by atoms with Crippen LogP contribution < -0.4 is 0 Å². The van der Waals surface area contributed by atoms with E-state index >= 15 is 0 Å². The summed E-state index contributed by atoms with van der Waals surface area (Å²) in [5.74, 6) is 0. The molecule has 3 heteroatoms. The molecule has 0 amide bonds. The highest BCUT2D eigenvalue weighted by Crippen LogP contribution is 2.32. The highest BCUT2D eigenvalue weighted by molar-refractivity contribution is 6.30. The van der Waals surface area contributed by atoms with Crippen LogP contribution in [0, 0.1) is 13.8 Å². The maximum Gasteiger partial charge on any atom is 0.152 e. The van der Waals surface area contributed by atoms with Crippen LogP contribution in [0.5, 0.6) is 0 Å². The molecule has 0 saturated carbocycles. The summed E-state index contributed by atoms with van der Waals surface area (Å²) in [5, 5.41) is 1.61. The van der Waals surface area contributed by atoms with Crippen molar-refractivity contribution in [3.63, 3.8) is 0 Å². The van der Waals surface area contributed by atoms with Gasteiger partial charge in [-0.05, 0) is 37.1 Å². The number of carbonyl (C=O) groups excluding carboxylic acids is 1. The third-order valence-electron chi connectivity index (χ3n) is 3.78. The molecule has 0 bridgehead atoms. The Balaban J connectivity index is 2.36. The zero-order valence-corrected chi connectivity index (χ0v) is 12.1. The fourth-order valence-corrected chi connectivity index (χ4v) is 2.71. The van der Waals surface area contributed by atoms with Gasteiger partial charge in [0.2, 0.25) is 0 Å². The summed E-state index contributed by atoms with van der Waals surface area (Å²) in [6.45, 7) is 4.12. The molecule has 100 valence electrons. The first-order chi connectivity index (χ1) is 9.61. The van der Waals surface area contributed by atoms with Crippen LogP contribution in [-0.4, -0.2) is 11.3 Å². The predicted molar refractivity (Wildman–Crippen MR) is 83.6 cm³/mol. The fourth-order valence-electron chi connectivity index (χ4n) is 2.52. The number of H-pyrrole nitrogens is 1. The van der Waals surface area contributed by atoms with Gasteiger partial charge in [-0.2, -0.15) is 0 Å². The summed E-state index contributed by atoms with van der Waals surface area (Å²) < 4.78 is 0. The van der Waals surface area contributed by atoms with E-state index in [9.17, 15) is 4.79 Å². The summed E-state index contributed by atoms with van der Waals surface area (Å²) in [6, 6.07) is 11.6. The van der Waals surface area contributed by atoms with Crippen LogP contribution in [0.25, 0.3) is 22.2 Å². The lowest BCUT2D eigenvalue weighted by Crippen LogP contribution is -1.84. The third kappa shape index (κ3) is 1.93. The number of nitrogens with one attached hydrogen (secondary N) is 1. The van der Waals surface area contributed by atoms with Crippen molar-refractivity contribution in [2.24, 2.45) is 0 Å². The number of carbonyl (C=O) groups is 1. The van der Waals surface area contributed by atoms with E-state index in [0.29, 0.717) is 10.6 Å². The first kappa shape index (κ1) is 12.9. The number of aryl methyl sites for hydroxylation is 2. The zero-order valence-electron chi connectivity index (χ0n) is 11.3. The van der Waals surface area contributed by atoms with Crippen molar-refractivity contribution in [3.05, 3.63) is 58.1 Å². The molecule has 0 fully saturated rings. The van der Waals surface area contributed by atoms with E-state index in [4.69, 9.17) is 11.6 Å². The number of hydrogen-bond acceptors (Lipinski definition) is 1. The highest BCUT2D eigenvalue weighted by atomic mass is 35.5. The average Bonchev–Trinajstić information content (AvgIpc) is 2.82. The largest absolute Gasteiger partial charge is 0.354 e. The van der Waals surface area contributed by atoms with Crippen molar-refractivity contribution in [3.8, 4) is 11.3 Å². The smallest absolute Gasteiger partial charge is 0.152 e. The van der Waals surface area contributed by atoms with Crippen molar-refractivity contribution in [1.29, 1.82) is 0 Å². The molecule has 0 aliphatic rings. The third-order valence-corrected chi connectivity index (χ3v) is 4.01. The maximum atomic E-state index is 11.5. The van der Waals surface area contributed by atoms with Gasteiger partial charge in [0.15, 0.2) is 6.29 Å². The molecule has 0 aliphatic carbocycles. The predicted octanol–water partition coefficient (Wildman–Crippen LogP) is 4.92. The first-order valence-corrected chi connectivity index (χ1v) is 6.82. The van der Waals surface area contributed by atoms with E-state index in [-0.39, 0.29) is 0 Å². The number of rotatable bonds is 2. The minimum absolute atomic E-state index is 0.658. The van der Waals surface area contributed by atoms with Gasteiger partial charge in [0.1, 0.15) is 0 Å². The second-order valence-electron chi connectivity index (χ2n) is 4.97. The minimum atomic E-state index is 0.658. The topological polar surface area (TPSA) is 32.9 Å². The normalized spacial score (nSPS) is 10.9. The summed E-state index contributed by atoms with van der Waals surface area (Å²) in [7, 11) is 0. The molecule has 3 aromatic rings. The molecule has 0 radical (unpaired) electrons. The van der Waals surface area contributed by atoms with Crippen molar-refractivity contribution < 1.29 is 4.79 Å². The van der Waals surface area contributed by atoms with E-state index in [2.05, 4.69) is 18.8 Å². The summed E-state index contributed by atoms with van der Waals surface area (Å²) in [4.78, 5) is 14.9. The Kier molecular flexibility index (Phi) is 3.11. The van der Waals surface area contributed by atoms with Gasteiger partial charge in [-0.25, -0.2) is 0 Å². The van der Waals surface area contributed by atoms with E-state index in [1.165, 1.54) is 11.1 Å². The Morgan fingerprint density at radius 1 is 1.15 bits per heavy atom.